The molecule has 1 aliphatic heterocycles. The van der Waals surface area contributed by atoms with E-state index < -0.39 is 15.5 Å². The quantitative estimate of drug-likeness (QED) is 0.417. The Morgan fingerprint density at radius 2 is 1.87 bits per heavy atom. The van der Waals surface area contributed by atoms with Crippen LogP contribution >= 0.6 is 0 Å². The van der Waals surface area contributed by atoms with Crippen molar-refractivity contribution in [3.63, 3.8) is 0 Å². The molecule has 0 aromatic carbocycles. The fourth-order valence-corrected chi connectivity index (χ4v) is 2.53. The normalized spacial score (nSPS) is 19.9. The van der Waals surface area contributed by atoms with Crippen molar-refractivity contribution in [1.29, 1.82) is 0 Å². The third-order valence-electron chi connectivity index (χ3n) is 2.15. The number of nitrogens with zero attached hydrogens (tertiary/aromatic N) is 1. The molecule has 0 aromatic heterocycles. The second-order valence-electron chi connectivity index (χ2n) is 3.03. The van der Waals surface area contributed by atoms with Crippen LogP contribution in [0.5, 0.6) is 0 Å². The average Bonchev–Trinajstić information content (AvgIpc) is 2.05. The molecule has 1 unspecified atom stereocenters. The predicted molar refractivity (Wildman–Crippen MR) is 50.0 cm³/mol. The van der Waals surface area contributed by atoms with Crippen molar-refractivity contribution in [1.82, 2.24) is 4.90 Å². The van der Waals surface area contributed by atoms with Crippen molar-refractivity contribution >= 4 is 10.1 Å². The molecular weight excluding hydrogens is 233 g/mol. The first-order valence-corrected chi connectivity index (χ1v) is 5.84. The second-order valence-corrected chi connectivity index (χ2v) is 4.60. The molecule has 0 saturated carbocycles. The average molecular weight is 249 g/mol. The Morgan fingerprint density at radius 3 is 2.20 bits per heavy atom. The van der Waals surface area contributed by atoms with Gasteiger partial charge in [0.25, 0.3) is 10.1 Å². The fraction of sp³-hybridized carbons (Fsp3) is 1.00. The van der Waals surface area contributed by atoms with Crippen LogP contribution in [0.15, 0.2) is 0 Å². The van der Waals surface area contributed by atoms with Crippen molar-refractivity contribution in [3.05, 3.63) is 0 Å². The van der Waals surface area contributed by atoms with Crippen LogP contribution in [0, 0.1) is 0 Å². The summed E-state index contributed by atoms with van der Waals surface area (Å²) in [5.41, 5.74) is 0. The van der Waals surface area contributed by atoms with Gasteiger partial charge in [0.15, 0.2) is 0 Å². The Hall–Kier alpha value is 0.790. The van der Waals surface area contributed by atoms with Gasteiger partial charge in [-0.25, -0.2) is 0 Å². The minimum absolute atomic E-state index is 0. The molecule has 1 heterocycles. The van der Waals surface area contributed by atoms with E-state index in [4.69, 9.17) is 9.29 Å². The molecule has 1 rings (SSSR count). The molecular formula is C7H16NNaO5S. The molecule has 1 fully saturated rings. The van der Waals surface area contributed by atoms with Crippen molar-refractivity contribution in [3.8, 4) is 0 Å². The Bertz CT molecular complexity index is 252. The van der Waals surface area contributed by atoms with Crippen molar-refractivity contribution in [2.24, 2.45) is 0 Å². The summed E-state index contributed by atoms with van der Waals surface area (Å²) in [5, 5.41) is -0.767. The van der Waals surface area contributed by atoms with Gasteiger partial charge in [0.2, 0.25) is 0 Å². The van der Waals surface area contributed by atoms with Crippen LogP contribution in [0.25, 0.3) is 0 Å². The number of morpholine rings is 1. The zero-order valence-corrected chi connectivity index (χ0v) is 11.9. The van der Waals surface area contributed by atoms with Gasteiger partial charge in [0, 0.05) is 13.1 Å². The van der Waals surface area contributed by atoms with Crippen molar-refractivity contribution < 1.29 is 52.7 Å². The Kier molecular flexibility index (Phi) is 9.65. The van der Waals surface area contributed by atoms with Crippen LogP contribution in [0.2, 0.25) is 0 Å². The smallest absolute Gasteiger partial charge is 0.870 e. The summed E-state index contributed by atoms with van der Waals surface area (Å²) in [4.78, 5) is 1.73. The summed E-state index contributed by atoms with van der Waals surface area (Å²) in [5.74, 6) is 0. The molecule has 2 N–H and O–H groups in total. The van der Waals surface area contributed by atoms with Crippen LogP contribution in [-0.4, -0.2) is 55.0 Å². The van der Waals surface area contributed by atoms with Gasteiger partial charge in [-0.1, -0.05) is 6.92 Å². The molecule has 0 bridgehead atoms. The van der Waals surface area contributed by atoms with E-state index in [1.165, 1.54) is 0 Å². The van der Waals surface area contributed by atoms with E-state index in [0.29, 0.717) is 32.7 Å². The summed E-state index contributed by atoms with van der Waals surface area (Å²) in [7, 11) is -3.94. The molecule has 8 heteroatoms. The molecule has 1 aliphatic rings. The van der Waals surface area contributed by atoms with Crippen LogP contribution < -0.4 is 29.6 Å². The summed E-state index contributed by atoms with van der Waals surface area (Å²) in [6.07, 6.45) is 0.402. The van der Waals surface area contributed by atoms with Gasteiger partial charge >= 0.3 is 29.6 Å². The number of ether oxygens (including phenoxy) is 1. The molecule has 1 saturated heterocycles. The maximum atomic E-state index is 10.9. The zero-order valence-electron chi connectivity index (χ0n) is 9.09. The van der Waals surface area contributed by atoms with Crippen LogP contribution in [-0.2, 0) is 14.9 Å². The predicted octanol–water partition coefficient (Wildman–Crippen LogP) is -3.23. The third kappa shape index (κ3) is 5.60. The molecule has 0 spiro atoms. The number of rotatable bonds is 3. The van der Waals surface area contributed by atoms with Crippen LogP contribution in [0.1, 0.15) is 13.3 Å². The van der Waals surface area contributed by atoms with Gasteiger partial charge in [0.1, 0.15) is 5.37 Å². The Labute approximate surface area is 112 Å². The molecule has 86 valence electrons. The molecule has 0 radical (unpaired) electrons. The van der Waals surface area contributed by atoms with E-state index in [0.717, 1.165) is 0 Å². The summed E-state index contributed by atoms with van der Waals surface area (Å²) >= 11 is 0. The van der Waals surface area contributed by atoms with Gasteiger partial charge < -0.3 is 10.2 Å². The maximum Gasteiger partial charge on any atom is 1.00 e. The Morgan fingerprint density at radius 1 is 1.40 bits per heavy atom. The van der Waals surface area contributed by atoms with E-state index in [2.05, 4.69) is 0 Å². The summed E-state index contributed by atoms with van der Waals surface area (Å²) in [6, 6.07) is 0. The molecule has 1 atom stereocenters. The fourth-order valence-electron chi connectivity index (χ4n) is 1.52. The maximum absolute atomic E-state index is 10.9. The first kappa shape index (κ1) is 18.2. The topological polar surface area (TPSA) is 96.8 Å². The molecule has 0 amide bonds. The molecule has 15 heavy (non-hydrogen) atoms. The third-order valence-corrected chi connectivity index (χ3v) is 3.47. The van der Waals surface area contributed by atoms with Gasteiger partial charge in [-0.05, 0) is 6.42 Å². The number of hydrogen-bond donors (Lipinski definition) is 1. The van der Waals surface area contributed by atoms with Gasteiger partial charge in [0.05, 0.1) is 13.2 Å². The minimum Gasteiger partial charge on any atom is -0.870 e. The van der Waals surface area contributed by atoms with E-state index in [1.807, 2.05) is 0 Å². The second kappa shape index (κ2) is 7.97. The molecule has 0 aliphatic carbocycles. The standard InChI is InChI=1S/C7H15NO4S.Na.H2O/c1-2-7(13(9,10)11)8-3-5-12-6-4-8;;/h7H,2-6H2,1H3,(H,9,10,11);;1H2/q;+1;/p-1. The van der Waals surface area contributed by atoms with E-state index in [9.17, 15) is 8.42 Å². The largest absolute Gasteiger partial charge is 1.00 e. The zero-order chi connectivity index (χ0) is 9.90. The summed E-state index contributed by atoms with van der Waals surface area (Å²) < 4.78 is 35.9. The van der Waals surface area contributed by atoms with Crippen molar-refractivity contribution in [2.75, 3.05) is 26.3 Å². The monoisotopic (exact) mass is 249 g/mol. The van der Waals surface area contributed by atoms with Gasteiger partial charge in [-0.3, -0.25) is 9.45 Å². The first-order valence-electron chi connectivity index (χ1n) is 4.33. The Balaban J connectivity index is 0. The van der Waals surface area contributed by atoms with E-state index in [-0.39, 0.29) is 35.0 Å². The van der Waals surface area contributed by atoms with E-state index in [1.54, 1.807) is 11.8 Å². The van der Waals surface area contributed by atoms with Gasteiger partial charge in [-0.2, -0.15) is 8.42 Å². The molecule has 0 aromatic rings. The van der Waals surface area contributed by atoms with Crippen LogP contribution in [0.3, 0.4) is 0 Å². The van der Waals surface area contributed by atoms with Gasteiger partial charge in [-0.15, -0.1) is 0 Å². The first-order chi connectivity index (χ1) is 6.05. The minimum atomic E-state index is -3.94. The number of hydrogen-bond acceptors (Lipinski definition) is 5. The van der Waals surface area contributed by atoms with Crippen molar-refractivity contribution in [2.45, 2.75) is 18.7 Å². The SMILES string of the molecule is CCC(N1CCOCC1)S(=O)(=O)O.[Na+].[OH-]. The van der Waals surface area contributed by atoms with E-state index >= 15 is 0 Å². The molecule has 6 nitrogen and oxygen atoms in total. The van der Waals surface area contributed by atoms with Crippen LogP contribution in [0.4, 0.5) is 0 Å². The summed E-state index contributed by atoms with van der Waals surface area (Å²) in [6.45, 7) is 3.95.